The van der Waals surface area contributed by atoms with Gasteiger partial charge >= 0.3 is 0 Å². The zero-order valence-electron chi connectivity index (χ0n) is 9.78. The number of aliphatic hydroxyl groups excluding tert-OH is 1. The summed E-state index contributed by atoms with van der Waals surface area (Å²) in [4.78, 5) is 11.8. The van der Waals surface area contributed by atoms with Crippen LogP contribution in [-0.2, 0) is 4.79 Å². The van der Waals surface area contributed by atoms with Gasteiger partial charge in [-0.15, -0.1) is 0 Å². The van der Waals surface area contributed by atoms with Crippen molar-refractivity contribution in [1.82, 2.24) is 0 Å². The minimum Gasteiger partial charge on any atom is -0.393 e. The highest BCUT2D eigenvalue weighted by Crippen LogP contribution is 2.49. The van der Waals surface area contributed by atoms with Crippen LogP contribution in [0.4, 0.5) is 0 Å². The zero-order valence-corrected chi connectivity index (χ0v) is 9.78. The lowest BCUT2D eigenvalue weighted by Crippen LogP contribution is -2.37. The molecule has 0 aromatic carbocycles. The number of hydrogen-bond donors (Lipinski definition) is 1. The number of Topliss-reactive ketones (excluding diaryl/α,β-unsaturated/α-hetero) is 1. The molecule has 0 aliphatic heterocycles. The predicted molar refractivity (Wildman–Crippen MR) is 59.4 cm³/mol. The van der Waals surface area contributed by atoms with Crippen LogP contribution in [0.2, 0.25) is 0 Å². The number of hydrogen-bond acceptors (Lipinski definition) is 2. The maximum absolute atomic E-state index is 11.8. The van der Waals surface area contributed by atoms with E-state index >= 15 is 0 Å². The highest BCUT2D eigenvalue weighted by Gasteiger charge is 2.47. The molecule has 2 rings (SSSR count). The number of carbonyl (C=O) groups excluding carboxylic acids is 1. The Hall–Kier alpha value is -0.370. The van der Waals surface area contributed by atoms with E-state index in [0.717, 1.165) is 25.7 Å². The zero-order chi connectivity index (χ0) is 11.0. The number of aliphatic hydroxyl groups is 1. The molecule has 0 bridgehead atoms. The smallest absolute Gasteiger partial charge is 0.136 e. The van der Waals surface area contributed by atoms with Gasteiger partial charge in [-0.25, -0.2) is 0 Å². The predicted octanol–water partition coefficient (Wildman–Crippen LogP) is 2.40. The van der Waals surface area contributed by atoms with Gasteiger partial charge in [0.1, 0.15) is 5.78 Å². The lowest BCUT2D eigenvalue weighted by Gasteiger charge is -2.37. The first-order valence-electron chi connectivity index (χ1n) is 6.36. The molecule has 0 aromatic rings. The quantitative estimate of drug-likeness (QED) is 0.760. The van der Waals surface area contributed by atoms with Crippen LogP contribution in [0.15, 0.2) is 0 Å². The van der Waals surface area contributed by atoms with Gasteiger partial charge in [-0.05, 0) is 43.4 Å². The van der Waals surface area contributed by atoms with Crippen molar-refractivity contribution in [3.63, 3.8) is 0 Å². The Balaban J connectivity index is 2.14. The Labute approximate surface area is 92.1 Å². The van der Waals surface area contributed by atoms with Crippen molar-refractivity contribution >= 4 is 5.78 Å². The van der Waals surface area contributed by atoms with Gasteiger partial charge < -0.3 is 5.11 Å². The minimum atomic E-state index is -0.138. The van der Waals surface area contributed by atoms with Gasteiger partial charge in [0.05, 0.1) is 6.10 Å². The van der Waals surface area contributed by atoms with Crippen LogP contribution in [0.1, 0.15) is 46.0 Å². The van der Waals surface area contributed by atoms with Crippen LogP contribution >= 0.6 is 0 Å². The molecule has 1 N–H and O–H groups in total. The average molecular weight is 210 g/mol. The third-order valence-corrected chi connectivity index (χ3v) is 4.60. The molecule has 0 aromatic heterocycles. The molecular formula is C13H22O2. The number of rotatable bonds is 2. The molecule has 0 amide bonds. The maximum Gasteiger partial charge on any atom is 0.136 e. The van der Waals surface area contributed by atoms with Crippen molar-refractivity contribution in [2.45, 2.75) is 52.1 Å². The fourth-order valence-corrected chi connectivity index (χ4v) is 3.80. The maximum atomic E-state index is 11.8. The molecule has 0 radical (unpaired) electrons. The third kappa shape index (κ3) is 1.84. The van der Waals surface area contributed by atoms with E-state index < -0.39 is 0 Å². The molecule has 2 fully saturated rings. The number of ketones is 1. The molecule has 15 heavy (non-hydrogen) atoms. The second kappa shape index (κ2) is 4.25. The summed E-state index contributed by atoms with van der Waals surface area (Å²) in [6, 6.07) is 0. The summed E-state index contributed by atoms with van der Waals surface area (Å²) >= 11 is 0. The fourth-order valence-electron chi connectivity index (χ4n) is 3.80. The van der Waals surface area contributed by atoms with Crippen molar-refractivity contribution in [2.24, 2.45) is 23.7 Å². The third-order valence-electron chi connectivity index (χ3n) is 4.60. The molecule has 86 valence electrons. The molecule has 0 saturated heterocycles. The summed E-state index contributed by atoms with van der Waals surface area (Å²) in [5, 5.41) is 9.96. The molecule has 2 nitrogen and oxygen atoms in total. The fraction of sp³-hybridized carbons (Fsp3) is 0.923. The highest BCUT2D eigenvalue weighted by atomic mass is 16.3. The normalized spacial score (nSPS) is 45.1. The summed E-state index contributed by atoms with van der Waals surface area (Å²) in [5.41, 5.74) is 0. The van der Waals surface area contributed by atoms with Gasteiger partial charge in [-0.3, -0.25) is 4.79 Å². The van der Waals surface area contributed by atoms with Crippen LogP contribution in [0.25, 0.3) is 0 Å². The van der Waals surface area contributed by atoms with Gasteiger partial charge in [0.25, 0.3) is 0 Å². The number of fused-ring (bicyclic) bond motifs is 1. The van der Waals surface area contributed by atoms with Crippen LogP contribution in [0.5, 0.6) is 0 Å². The molecule has 2 aliphatic carbocycles. The van der Waals surface area contributed by atoms with E-state index in [1.165, 1.54) is 0 Å². The first-order valence-corrected chi connectivity index (χ1v) is 6.36. The Morgan fingerprint density at radius 2 is 2.00 bits per heavy atom. The summed E-state index contributed by atoms with van der Waals surface area (Å²) in [6.45, 7) is 4.21. The largest absolute Gasteiger partial charge is 0.393 e. The summed E-state index contributed by atoms with van der Waals surface area (Å²) in [5.74, 6) is 2.19. The van der Waals surface area contributed by atoms with E-state index in [1.807, 2.05) is 6.92 Å². The Morgan fingerprint density at radius 1 is 1.27 bits per heavy atom. The topological polar surface area (TPSA) is 37.3 Å². The molecule has 2 aliphatic rings. The molecule has 5 atom stereocenters. The SMILES string of the molecule is CCC(=O)C1CCC2C(O)CC[C@@H](C)C12. The molecule has 4 unspecified atom stereocenters. The Kier molecular flexibility index (Phi) is 3.15. The van der Waals surface area contributed by atoms with E-state index in [0.29, 0.717) is 30.0 Å². The van der Waals surface area contributed by atoms with Crippen LogP contribution < -0.4 is 0 Å². The van der Waals surface area contributed by atoms with E-state index in [1.54, 1.807) is 0 Å². The van der Waals surface area contributed by atoms with Crippen molar-refractivity contribution in [3.05, 3.63) is 0 Å². The molecule has 2 heteroatoms. The van der Waals surface area contributed by atoms with Crippen LogP contribution in [-0.4, -0.2) is 17.0 Å². The molecule has 0 heterocycles. The standard InChI is InChI=1S/C13H22O2/c1-3-11(14)9-5-6-10-12(15)7-4-8(2)13(9)10/h8-10,12-13,15H,3-7H2,1-2H3/t8-,9?,10?,12?,13?/m1/s1. The van der Waals surface area contributed by atoms with Gasteiger partial charge in [-0.1, -0.05) is 13.8 Å². The Bertz CT molecular complexity index is 249. The minimum absolute atomic E-state index is 0.138. The first-order chi connectivity index (χ1) is 7.15. The highest BCUT2D eigenvalue weighted by molar-refractivity contribution is 5.81. The van der Waals surface area contributed by atoms with Crippen molar-refractivity contribution < 1.29 is 9.90 Å². The van der Waals surface area contributed by atoms with Crippen LogP contribution in [0, 0.1) is 23.7 Å². The van der Waals surface area contributed by atoms with Crippen molar-refractivity contribution in [1.29, 1.82) is 0 Å². The second-order valence-electron chi connectivity index (χ2n) is 5.37. The van der Waals surface area contributed by atoms with E-state index in [4.69, 9.17) is 0 Å². The van der Waals surface area contributed by atoms with E-state index in [9.17, 15) is 9.90 Å². The van der Waals surface area contributed by atoms with Gasteiger partial charge in [0, 0.05) is 12.3 Å². The summed E-state index contributed by atoms with van der Waals surface area (Å²) in [7, 11) is 0. The number of carbonyl (C=O) groups is 1. The lowest BCUT2D eigenvalue weighted by atomic mass is 9.69. The van der Waals surface area contributed by atoms with Crippen LogP contribution in [0.3, 0.4) is 0 Å². The summed E-state index contributed by atoms with van der Waals surface area (Å²) in [6.07, 6.45) is 4.64. The lowest BCUT2D eigenvalue weighted by molar-refractivity contribution is -0.125. The van der Waals surface area contributed by atoms with Gasteiger partial charge in [-0.2, -0.15) is 0 Å². The van der Waals surface area contributed by atoms with E-state index in [2.05, 4.69) is 6.92 Å². The monoisotopic (exact) mass is 210 g/mol. The first kappa shape index (κ1) is 11.1. The van der Waals surface area contributed by atoms with Gasteiger partial charge in [0.2, 0.25) is 0 Å². The second-order valence-corrected chi connectivity index (χ2v) is 5.37. The Morgan fingerprint density at radius 3 is 2.67 bits per heavy atom. The van der Waals surface area contributed by atoms with Crippen molar-refractivity contribution in [2.75, 3.05) is 0 Å². The average Bonchev–Trinajstić information content (AvgIpc) is 2.68. The molecular weight excluding hydrogens is 188 g/mol. The van der Waals surface area contributed by atoms with Crippen molar-refractivity contribution in [3.8, 4) is 0 Å². The molecule has 0 spiro atoms. The van der Waals surface area contributed by atoms with E-state index in [-0.39, 0.29) is 12.0 Å². The van der Waals surface area contributed by atoms with Gasteiger partial charge in [0.15, 0.2) is 0 Å². The summed E-state index contributed by atoms with van der Waals surface area (Å²) < 4.78 is 0. The molecule has 2 saturated carbocycles.